The summed E-state index contributed by atoms with van der Waals surface area (Å²) < 4.78 is 0. The molecule has 0 spiro atoms. The van der Waals surface area contributed by atoms with Crippen LogP contribution in [0.5, 0.6) is 0 Å². The lowest BCUT2D eigenvalue weighted by Crippen LogP contribution is -1.94. The fourth-order valence-corrected chi connectivity index (χ4v) is 2.44. The molecule has 16 heavy (non-hydrogen) atoms. The van der Waals surface area contributed by atoms with Crippen LogP contribution in [0.15, 0.2) is 36.5 Å². The number of carbonyl (C=O) groups is 1. The summed E-state index contributed by atoms with van der Waals surface area (Å²) in [6.07, 6.45) is 4.26. The van der Waals surface area contributed by atoms with E-state index in [0.717, 1.165) is 23.7 Å². The van der Waals surface area contributed by atoms with Gasteiger partial charge >= 0.3 is 0 Å². The number of Topliss-reactive ketones (excluding diaryl/α,β-unsaturated/α-hetero) is 1. The van der Waals surface area contributed by atoms with Crippen molar-refractivity contribution in [2.24, 2.45) is 0 Å². The molecule has 0 radical (unpaired) electrons. The Balaban J connectivity index is 2.02. The largest absolute Gasteiger partial charge is 0.300 e. The Morgan fingerprint density at radius 2 is 2.19 bits per heavy atom. The molecule has 0 amide bonds. The van der Waals surface area contributed by atoms with E-state index in [4.69, 9.17) is 0 Å². The lowest BCUT2D eigenvalue weighted by atomic mass is 9.96. The average Bonchev–Trinajstić information content (AvgIpc) is 2.75. The third-order valence-electron chi connectivity index (χ3n) is 3.35. The first-order valence-electron chi connectivity index (χ1n) is 5.69. The Kier molecular flexibility index (Phi) is 2.21. The van der Waals surface area contributed by atoms with Crippen molar-refractivity contribution in [1.29, 1.82) is 0 Å². The first-order valence-corrected chi connectivity index (χ1v) is 5.69. The van der Waals surface area contributed by atoms with Crippen molar-refractivity contribution in [3.05, 3.63) is 42.1 Å². The van der Waals surface area contributed by atoms with Gasteiger partial charge in [0, 0.05) is 24.4 Å². The smallest absolute Gasteiger partial charge is 0.133 e. The summed E-state index contributed by atoms with van der Waals surface area (Å²) in [4.78, 5) is 15.6. The molecule has 1 aromatic carbocycles. The molecule has 1 heterocycles. The number of aromatic nitrogens is 1. The number of ketones is 1. The van der Waals surface area contributed by atoms with Gasteiger partial charge in [-0.05, 0) is 30.0 Å². The van der Waals surface area contributed by atoms with Gasteiger partial charge < -0.3 is 0 Å². The van der Waals surface area contributed by atoms with Crippen LogP contribution in [0.25, 0.3) is 10.9 Å². The van der Waals surface area contributed by atoms with Gasteiger partial charge in [-0.1, -0.05) is 18.2 Å². The molecule has 2 nitrogen and oxygen atoms in total. The minimum absolute atomic E-state index is 0.395. The van der Waals surface area contributed by atoms with Gasteiger partial charge in [0.1, 0.15) is 5.78 Å². The van der Waals surface area contributed by atoms with Crippen LogP contribution in [-0.4, -0.2) is 10.8 Å². The molecule has 1 aliphatic rings. The Labute approximate surface area is 94.3 Å². The van der Waals surface area contributed by atoms with Crippen LogP contribution in [0.2, 0.25) is 0 Å². The zero-order valence-corrected chi connectivity index (χ0v) is 9.02. The highest BCUT2D eigenvalue weighted by Crippen LogP contribution is 2.33. The van der Waals surface area contributed by atoms with Crippen LogP contribution in [0, 0.1) is 0 Å². The minimum Gasteiger partial charge on any atom is -0.300 e. The average molecular weight is 211 g/mol. The van der Waals surface area contributed by atoms with E-state index in [1.807, 2.05) is 12.3 Å². The highest BCUT2D eigenvalue weighted by molar-refractivity contribution is 5.83. The summed E-state index contributed by atoms with van der Waals surface area (Å²) in [5, 5.41) is 1.16. The quantitative estimate of drug-likeness (QED) is 0.725. The van der Waals surface area contributed by atoms with E-state index < -0.39 is 0 Å². The van der Waals surface area contributed by atoms with Crippen LogP contribution >= 0.6 is 0 Å². The molecule has 80 valence electrons. The van der Waals surface area contributed by atoms with E-state index in [9.17, 15) is 4.79 Å². The maximum Gasteiger partial charge on any atom is 0.133 e. The van der Waals surface area contributed by atoms with Crippen LogP contribution < -0.4 is 0 Å². The molecule has 1 saturated carbocycles. The van der Waals surface area contributed by atoms with Crippen molar-refractivity contribution in [3.63, 3.8) is 0 Å². The number of carbonyl (C=O) groups excluding carboxylic acids is 1. The van der Waals surface area contributed by atoms with E-state index in [0.29, 0.717) is 18.1 Å². The number of fused-ring (bicyclic) bond motifs is 1. The summed E-state index contributed by atoms with van der Waals surface area (Å²) >= 11 is 0. The topological polar surface area (TPSA) is 30.0 Å². The molecular formula is C14H13NO. The van der Waals surface area contributed by atoms with Gasteiger partial charge in [0.15, 0.2) is 0 Å². The van der Waals surface area contributed by atoms with Crippen LogP contribution in [0.1, 0.15) is 30.7 Å². The predicted molar refractivity (Wildman–Crippen MR) is 63.3 cm³/mol. The molecule has 1 unspecified atom stereocenters. The normalized spacial score (nSPS) is 20.5. The second kappa shape index (κ2) is 3.71. The van der Waals surface area contributed by atoms with Gasteiger partial charge in [-0.25, -0.2) is 0 Å². The molecule has 1 fully saturated rings. The molecule has 0 N–H and O–H groups in total. The second-order valence-electron chi connectivity index (χ2n) is 4.43. The zero-order chi connectivity index (χ0) is 11.0. The van der Waals surface area contributed by atoms with Crippen molar-refractivity contribution in [3.8, 4) is 0 Å². The number of benzene rings is 1. The van der Waals surface area contributed by atoms with Crippen molar-refractivity contribution in [2.75, 3.05) is 0 Å². The van der Waals surface area contributed by atoms with Crippen molar-refractivity contribution >= 4 is 16.7 Å². The molecule has 0 bridgehead atoms. The minimum atomic E-state index is 0.395. The van der Waals surface area contributed by atoms with Gasteiger partial charge in [-0.2, -0.15) is 0 Å². The molecule has 0 aliphatic heterocycles. The van der Waals surface area contributed by atoms with Crippen LogP contribution in [0.4, 0.5) is 0 Å². The Hall–Kier alpha value is -1.70. The number of hydrogen-bond donors (Lipinski definition) is 0. The molecule has 1 atom stereocenters. The molecule has 1 aliphatic carbocycles. The van der Waals surface area contributed by atoms with Gasteiger partial charge in [0.05, 0.1) is 5.52 Å². The molecule has 2 aromatic rings. The lowest BCUT2D eigenvalue weighted by Gasteiger charge is -2.08. The second-order valence-corrected chi connectivity index (χ2v) is 4.43. The fourth-order valence-electron chi connectivity index (χ4n) is 2.44. The van der Waals surface area contributed by atoms with E-state index in [2.05, 4.69) is 29.2 Å². The number of nitrogens with zero attached hydrogens (tertiary/aromatic N) is 1. The first kappa shape index (κ1) is 9.52. The number of rotatable bonds is 1. The third-order valence-corrected chi connectivity index (χ3v) is 3.35. The van der Waals surface area contributed by atoms with Crippen molar-refractivity contribution in [1.82, 2.24) is 4.98 Å². The van der Waals surface area contributed by atoms with Gasteiger partial charge in [-0.15, -0.1) is 0 Å². The van der Waals surface area contributed by atoms with Crippen molar-refractivity contribution in [2.45, 2.75) is 25.2 Å². The Morgan fingerprint density at radius 3 is 3.00 bits per heavy atom. The van der Waals surface area contributed by atoms with E-state index >= 15 is 0 Å². The maximum atomic E-state index is 11.3. The molecule has 3 rings (SSSR count). The summed E-state index contributed by atoms with van der Waals surface area (Å²) in [6, 6.07) is 10.4. The summed E-state index contributed by atoms with van der Waals surface area (Å²) in [5.74, 6) is 0.810. The highest BCUT2D eigenvalue weighted by atomic mass is 16.1. The van der Waals surface area contributed by atoms with Gasteiger partial charge in [0.2, 0.25) is 0 Å². The lowest BCUT2D eigenvalue weighted by molar-refractivity contribution is -0.117. The maximum absolute atomic E-state index is 11.3. The summed E-state index contributed by atoms with van der Waals surface area (Å²) in [6.45, 7) is 0. The number of hydrogen-bond acceptors (Lipinski definition) is 2. The van der Waals surface area contributed by atoms with E-state index in [-0.39, 0.29) is 0 Å². The standard InChI is InChI=1S/C14H13NO/c16-13-6-5-11(8-13)12-4-3-10-2-1-7-15-14(10)9-12/h1-4,7,9,11H,5-6,8H2. The predicted octanol–water partition coefficient (Wildman–Crippen LogP) is 3.07. The van der Waals surface area contributed by atoms with Crippen LogP contribution in [0.3, 0.4) is 0 Å². The molecular weight excluding hydrogens is 198 g/mol. The monoisotopic (exact) mass is 211 g/mol. The summed E-state index contributed by atoms with van der Waals surface area (Å²) in [5.41, 5.74) is 2.29. The van der Waals surface area contributed by atoms with Gasteiger partial charge in [-0.3, -0.25) is 9.78 Å². The third kappa shape index (κ3) is 1.60. The summed E-state index contributed by atoms with van der Waals surface area (Å²) in [7, 11) is 0. The SMILES string of the molecule is O=C1CCC(c2ccc3cccnc3c2)C1. The van der Waals surface area contributed by atoms with Crippen molar-refractivity contribution < 1.29 is 4.79 Å². The first-order chi connectivity index (χ1) is 7.83. The number of pyridine rings is 1. The fraction of sp³-hybridized carbons (Fsp3) is 0.286. The highest BCUT2D eigenvalue weighted by Gasteiger charge is 2.23. The van der Waals surface area contributed by atoms with Crippen LogP contribution in [-0.2, 0) is 4.79 Å². The van der Waals surface area contributed by atoms with Gasteiger partial charge in [0.25, 0.3) is 0 Å². The molecule has 1 aromatic heterocycles. The zero-order valence-electron chi connectivity index (χ0n) is 9.02. The molecule has 0 saturated heterocycles. The Morgan fingerprint density at radius 1 is 1.25 bits per heavy atom. The van der Waals surface area contributed by atoms with E-state index in [1.54, 1.807) is 0 Å². The Bertz CT molecular complexity index is 547. The van der Waals surface area contributed by atoms with E-state index in [1.165, 1.54) is 5.56 Å². The molecule has 2 heteroatoms.